The summed E-state index contributed by atoms with van der Waals surface area (Å²) >= 11 is 6.72. The van der Waals surface area contributed by atoms with Crippen molar-refractivity contribution in [3.8, 4) is 0 Å². The molecule has 98 valence electrons. The minimum atomic E-state index is -0.481. The number of thiophene rings is 1. The molecule has 1 aromatic heterocycles. The van der Waals surface area contributed by atoms with E-state index in [0.717, 1.165) is 25.7 Å². The van der Waals surface area contributed by atoms with E-state index in [9.17, 15) is 4.79 Å². The highest BCUT2D eigenvalue weighted by Gasteiger charge is 2.35. The molecule has 2 rings (SSSR count). The van der Waals surface area contributed by atoms with Crippen molar-refractivity contribution in [2.45, 2.75) is 44.1 Å². The zero-order valence-corrected chi connectivity index (χ0v) is 11.9. The Bertz CT molecular complexity index is 420. The summed E-state index contributed by atoms with van der Waals surface area (Å²) in [7, 11) is 0. The van der Waals surface area contributed by atoms with Gasteiger partial charge in [0, 0.05) is 5.38 Å². The zero-order chi connectivity index (χ0) is 13.0. The molecule has 0 radical (unpaired) electrons. The second-order valence-electron chi connectivity index (χ2n) is 4.83. The van der Waals surface area contributed by atoms with Crippen LogP contribution in [0.25, 0.3) is 0 Å². The summed E-state index contributed by atoms with van der Waals surface area (Å²) in [5.74, 6) is -0.0639. The van der Waals surface area contributed by atoms with Crippen molar-refractivity contribution in [3.63, 3.8) is 0 Å². The molecule has 1 aliphatic rings. The lowest BCUT2D eigenvalue weighted by Gasteiger charge is -2.32. The molecular weight excluding hydrogens is 264 g/mol. The van der Waals surface area contributed by atoms with Crippen LogP contribution in [0.3, 0.4) is 0 Å². The van der Waals surface area contributed by atoms with Crippen LogP contribution in [0.4, 0.5) is 0 Å². The summed E-state index contributed by atoms with van der Waals surface area (Å²) in [6.45, 7) is 0. The van der Waals surface area contributed by atoms with Crippen LogP contribution in [0.2, 0.25) is 0 Å². The Balaban J connectivity index is 2.15. The molecule has 5 heteroatoms. The normalized spacial score (nSPS) is 18.9. The molecule has 0 atom stereocenters. The standard InChI is InChI=1S/C13H18N2OS2/c14-12(17)13(6-3-1-2-4-7-13)15-11(16)10-5-8-18-9-10/h5,8-9H,1-4,6-7H2,(H2,14,17)(H,15,16). The lowest BCUT2D eigenvalue weighted by Crippen LogP contribution is -2.56. The summed E-state index contributed by atoms with van der Waals surface area (Å²) in [5, 5.41) is 6.82. The van der Waals surface area contributed by atoms with E-state index < -0.39 is 5.54 Å². The Kier molecular flexibility index (Phi) is 4.35. The van der Waals surface area contributed by atoms with Crippen molar-refractivity contribution >= 4 is 34.5 Å². The maximum absolute atomic E-state index is 12.2. The minimum absolute atomic E-state index is 0.0639. The average molecular weight is 282 g/mol. The number of hydrogen-bond acceptors (Lipinski definition) is 3. The summed E-state index contributed by atoms with van der Waals surface area (Å²) in [6, 6.07) is 1.82. The van der Waals surface area contributed by atoms with Crippen molar-refractivity contribution in [3.05, 3.63) is 22.4 Å². The molecule has 0 bridgehead atoms. The number of amides is 1. The number of nitrogens with two attached hydrogens (primary N) is 1. The van der Waals surface area contributed by atoms with Crippen LogP contribution in [-0.2, 0) is 0 Å². The molecular formula is C13H18N2OS2. The van der Waals surface area contributed by atoms with Crippen molar-refractivity contribution in [1.29, 1.82) is 0 Å². The van der Waals surface area contributed by atoms with Gasteiger partial charge in [-0.1, -0.05) is 37.9 Å². The molecule has 0 saturated heterocycles. The van der Waals surface area contributed by atoms with Gasteiger partial charge in [0.25, 0.3) is 5.91 Å². The zero-order valence-electron chi connectivity index (χ0n) is 10.3. The Labute approximate surface area is 117 Å². The maximum atomic E-state index is 12.2. The molecule has 0 spiro atoms. The van der Waals surface area contributed by atoms with E-state index in [-0.39, 0.29) is 5.91 Å². The largest absolute Gasteiger partial charge is 0.391 e. The van der Waals surface area contributed by atoms with E-state index in [0.29, 0.717) is 10.6 Å². The summed E-state index contributed by atoms with van der Waals surface area (Å²) in [6.07, 6.45) is 6.25. The average Bonchev–Trinajstić information content (AvgIpc) is 2.77. The molecule has 1 fully saturated rings. The number of nitrogens with one attached hydrogen (secondary N) is 1. The van der Waals surface area contributed by atoms with Crippen LogP contribution in [0.15, 0.2) is 16.8 Å². The monoisotopic (exact) mass is 282 g/mol. The van der Waals surface area contributed by atoms with E-state index in [4.69, 9.17) is 18.0 Å². The fraction of sp³-hybridized carbons (Fsp3) is 0.538. The third kappa shape index (κ3) is 2.90. The lowest BCUT2D eigenvalue weighted by atomic mass is 9.89. The van der Waals surface area contributed by atoms with E-state index in [1.165, 1.54) is 24.2 Å². The molecule has 1 heterocycles. The first-order valence-electron chi connectivity index (χ1n) is 6.29. The number of hydrogen-bond donors (Lipinski definition) is 2. The van der Waals surface area contributed by atoms with Crippen LogP contribution in [-0.4, -0.2) is 16.4 Å². The fourth-order valence-electron chi connectivity index (χ4n) is 2.45. The van der Waals surface area contributed by atoms with Crippen LogP contribution in [0, 0.1) is 0 Å². The van der Waals surface area contributed by atoms with Crippen molar-refractivity contribution in [2.24, 2.45) is 5.73 Å². The van der Waals surface area contributed by atoms with Gasteiger partial charge in [-0.05, 0) is 24.3 Å². The molecule has 1 saturated carbocycles. The Morgan fingerprint density at radius 3 is 2.50 bits per heavy atom. The topological polar surface area (TPSA) is 55.1 Å². The predicted molar refractivity (Wildman–Crippen MR) is 79.0 cm³/mol. The van der Waals surface area contributed by atoms with Gasteiger partial charge >= 0.3 is 0 Å². The number of rotatable bonds is 3. The third-order valence-corrected chi connectivity index (χ3v) is 4.64. The highest BCUT2D eigenvalue weighted by atomic mass is 32.1. The van der Waals surface area contributed by atoms with Crippen molar-refractivity contribution in [1.82, 2.24) is 5.32 Å². The van der Waals surface area contributed by atoms with E-state index in [1.807, 2.05) is 16.8 Å². The SMILES string of the molecule is NC(=S)C1(NC(=O)c2ccsc2)CCCCCC1. The van der Waals surface area contributed by atoms with Gasteiger partial charge in [0.2, 0.25) is 0 Å². The highest BCUT2D eigenvalue weighted by Crippen LogP contribution is 2.28. The van der Waals surface area contributed by atoms with Gasteiger partial charge in [0.15, 0.2) is 0 Å². The molecule has 0 aromatic carbocycles. The third-order valence-electron chi connectivity index (χ3n) is 3.56. The molecule has 0 unspecified atom stereocenters. The molecule has 1 aliphatic carbocycles. The van der Waals surface area contributed by atoms with Gasteiger partial charge < -0.3 is 11.1 Å². The molecule has 18 heavy (non-hydrogen) atoms. The van der Waals surface area contributed by atoms with E-state index in [1.54, 1.807) is 0 Å². The smallest absolute Gasteiger partial charge is 0.252 e. The summed E-state index contributed by atoms with van der Waals surface area (Å²) < 4.78 is 0. The van der Waals surface area contributed by atoms with Gasteiger partial charge in [-0.25, -0.2) is 0 Å². The Morgan fingerprint density at radius 1 is 1.33 bits per heavy atom. The Hall–Kier alpha value is -0.940. The van der Waals surface area contributed by atoms with Gasteiger partial charge in [-0.3, -0.25) is 4.79 Å². The van der Waals surface area contributed by atoms with Crippen molar-refractivity contribution in [2.75, 3.05) is 0 Å². The van der Waals surface area contributed by atoms with Crippen LogP contribution < -0.4 is 11.1 Å². The summed E-state index contributed by atoms with van der Waals surface area (Å²) in [4.78, 5) is 12.6. The van der Waals surface area contributed by atoms with Gasteiger partial charge in [-0.15, -0.1) is 0 Å². The first kappa shape index (κ1) is 13.5. The summed E-state index contributed by atoms with van der Waals surface area (Å²) in [5.41, 5.74) is 6.11. The van der Waals surface area contributed by atoms with Crippen LogP contribution in [0.5, 0.6) is 0 Å². The number of thiocarbonyl (C=S) groups is 1. The van der Waals surface area contributed by atoms with Gasteiger partial charge in [0.05, 0.1) is 16.1 Å². The van der Waals surface area contributed by atoms with E-state index >= 15 is 0 Å². The maximum Gasteiger partial charge on any atom is 0.252 e. The highest BCUT2D eigenvalue weighted by molar-refractivity contribution is 7.80. The number of carbonyl (C=O) groups excluding carboxylic acids is 1. The molecule has 3 N–H and O–H groups in total. The molecule has 1 amide bonds. The van der Waals surface area contributed by atoms with E-state index in [2.05, 4.69) is 5.32 Å². The lowest BCUT2D eigenvalue weighted by molar-refractivity contribution is 0.0918. The molecule has 0 aliphatic heterocycles. The van der Waals surface area contributed by atoms with Crippen LogP contribution in [0.1, 0.15) is 48.9 Å². The predicted octanol–water partition coefficient (Wildman–Crippen LogP) is 2.86. The fourth-order valence-corrected chi connectivity index (χ4v) is 3.34. The van der Waals surface area contributed by atoms with Crippen LogP contribution >= 0.6 is 23.6 Å². The second kappa shape index (κ2) is 5.80. The number of carbonyl (C=O) groups is 1. The quantitative estimate of drug-likeness (QED) is 0.662. The molecule has 1 aromatic rings. The first-order valence-corrected chi connectivity index (χ1v) is 7.64. The van der Waals surface area contributed by atoms with Gasteiger partial charge in [-0.2, -0.15) is 11.3 Å². The Morgan fingerprint density at radius 2 is 2.00 bits per heavy atom. The second-order valence-corrected chi connectivity index (χ2v) is 6.05. The van der Waals surface area contributed by atoms with Gasteiger partial charge in [0.1, 0.15) is 0 Å². The molecule has 3 nitrogen and oxygen atoms in total. The minimum Gasteiger partial charge on any atom is -0.391 e. The van der Waals surface area contributed by atoms with Crippen molar-refractivity contribution < 1.29 is 4.79 Å². The first-order chi connectivity index (χ1) is 8.64.